The zero-order chi connectivity index (χ0) is 16.6. The van der Waals surface area contributed by atoms with Crippen LogP contribution in [0.25, 0.3) is 0 Å². The predicted octanol–water partition coefficient (Wildman–Crippen LogP) is 1.48. The first-order valence-electron chi connectivity index (χ1n) is 8.18. The van der Waals surface area contributed by atoms with E-state index in [1.807, 2.05) is 0 Å². The number of imide groups is 1. The van der Waals surface area contributed by atoms with Crippen molar-refractivity contribution in [3.8, 4) is 11.5 Å². The summed E-state index contributed by atoms with van der Waals surface area (Å²) in [5, 5.41) is 24.1. The van der Waals surface area contributed by atoms with Crippen LogP contribution in [0.15, 0.2) is 35.5 Å². The van der Waals surface area contributed by atoms with Crippen LogP contribution in [-0.2, 0) is 9.59 Å². The number of carbonyl (C=O) groups excluding carboxylic acids is 2. The lowest BCUT2D eigenvalue weighted by molar-refractivity contribution is -0.140. The van der Waals surface area contributed by atoms with Crippen LogP contribution in [0.2, 0.25) is 0 Å². The number of phenolic OH excluding ortho intramolecular Hbond substituents is 2. The van der Waals surface area contributed by atoms with Crippen LogP contribution in [0, 0.1) is 35.5 Å². The van der Waals surface area contributed by atoms with Gasteiger partial charge in [0.15, 0.2) is 0 Å². The van der Waals surface area contributed by atoms with E-state index >= 15 is 0 Å². The third kappa shape index (κ3) is 1.68. The van der Waals surface area contributed by atoms with Crippen molar-refractivity contribution in [3.05, 3.63) is 35.9 Å². The molecule has 0 spiro atoms. The van der Waals surface area contributed by atoms with Gasteiger partial charge < -0.3 is 10.2 Å². The molecule has 5 aliphatic rings. The number of benzene rings is 1. The molecule has 6 atom stereocenters. The molecule has 2 bridgehead atoms. The Morgan fingerprint density at radius 3 is 2.25 bits per heavy atom. The minimum Gasteiger partial charge on any atom is -0.508 e. The number of hydrogen-bond donors (Lipinski definition) is 2. The van der Waals surface area contributed by atoms with Crippen LogP contribution in [0.1, 0.15) is 12.0 Å². The van der Waals surface area contributed by atoms with Crippen molar-refractivity contribution >= 4 is 18.0 Å². The van der Waals surface area contributed by atoms with E-state index in [0.29, 0.717) is 17.4 Å². The quantitative estimate of drug-likeness (QED) is 0.490. The molecule has 1 saturated heterocycles. The largest absolute Gasteiger partial charge is 0.508 e. The van der Waals surface area contributed by atoms with Crippen molar-refractivity contribution in [2.75, 3.05) is 0 Å². The fourth-order valence-electron chi connectivity index (χ4n) is 4.82. The Labute approximate surface area is 138 Å². The summed E-state index contributed by atoms with van der Waals surface area (Å²) < 4.78 is 0. The van der Waals surface area contributed by atoms with Gasteiger partial charge in [0, 0.05) is 11.6 Å². The Bertz CT molecular complexity index is 794. The number of phenols is 2. The number of carbonyl (C=O) groups is 2. The Hall–Kier alpha value is -2.63. The molecule has 0 aromatic heterocycles. The zero-order valence-corrected chi connectivity index (χ0v) is 12.7. The van der Waals surface area contributed by atoms with Gasteiger partial charge in [-0.1, -0.05) is 12.2 Å². The van der Waals surface area contributed by atoms with E-state index in [4.69, 9.17) is 0 Å². The highest BCUT2D eigenvalue weighted by atomic mass is 16.3. The van der Waals surface area contributed by atoms with E-state index < -0.39 is 0 Å². The monoisotopic (exact) mass is 324 g/mol. The first-order valence-corrected chi connectivity index (χ1v) is 8.18. The van der Waals surface area contributed by atoms with Crippen LogP contribution < -0.4 is 0 Å². The summed E-state index contributed by atoms with van der Waals surface area (Å²) in [7, 11) is 0. The molecule has 6 rings (SSSR count). The first-order chi connectivity index (χ1) is 11.6. The fraction of sp³-hybridized carbons (Fsp3) is 0.389. The van der Waals surface area contributed by atoms with Crippen LogP contribution in [-0.4, -0.2) is 33.3 Å². The van der Waals surface area contributed by atoms with Crippen molar-refractivity contribution in [2.45, 2.75) is 6.42 Å². The molecule has 1 aliphatic heterocycles. The third-order valence-electron chi connectivity index (χ3n) is 5.97. The normalized spacial score (nSPS) is 38.8. The number of nitrogens with zero attached hydrogens (tertiary/aromatic N) is 2. The van der Waals surface area contributed by atoms with Gasteiger partial charge in [0.1, 0.15) is 11.5 Å². The van der Waals surface area contributed by atoms with E-state index in [2.05, 4.69) is 17.3 Å². The maximum Gasteiger partial charge on any atom is 0.254 e. The van der Waals surface area contributed by atoms with Gasteiger partial charge in [-0.15, -0.1) is 0 Å². The SMILES string of the molecule is O=C1[C@H]2[C@@H]3C=C[C@H]([C@H]4C[C@H]34)[C@@H]2C(=O)N1/N=C\c1ccc(O)cc1O. The smallest absolute Gasteiger partial charge is 0.254 e. The molecule has 2 N–H and O–H groups in total. The molecule has 24 heavy (non-hydrogen) atoms. The molecule has 2 saturated carbocycles. The van der Waals surface area contributed by atoms with Crippen molar-refractivity contribution in [1.29, 1.82) is 0 Å². The standard InChI is InChI=1S/C18H16N2O4/c21-9-2-1-8(14(22)5-9)7-19-20-17(23)15-10-3-4-11(13-6-12(10)13)16(15)18(20)24/h1-5,7,10-13,15-16,21-22H,6H2/b19-7-/t10-,11-,12-,13-,15+,16+/m1/s1. The Kier molecular flexibility index (Phi) is 2.56. The van der Waals surface area contributed by atoms with Gasteiger partial charge in [0.25, 0.3) is 11.8 Å². The van der Waals surface area contributed by atoms with Gasteiger partial charge in [-0.2, -0.15) is 10.1 Å². The van der Waals surface area contributed by atoms with Crippen LogP contribution >= 0.6 is 0 Å². The summed E-state index contributed by atoms with van der Waals surface area (Å²) in [6.45, 7) is 0. The van der Waals surface area contributed by atoms with Gasteiger partial charge in [-0.05, 0) is 42.2 Å². The Balaban J connectivity index is 1.45. The minimum absolute atomic E-state index is 0.0640. The highest BCUT2D eigenvalue weighted by Gasteiger charge is 2.67. The highest BCUT2D eigenvalue weighted by molar-refractivity contribution is 6.06. The third-order valence-corrected chi connectivity index (χ3v) is 5.97. The number of hydrazone groups is 1. The summed E-state index contributed by atoms with van der Waals surface area (Å²) in [6, 6.07) is 4.07. The van der Waals surface area contributed by atoms with E-state index in [0.717, 1.165) is 11.4 Å². The van der Waals surface area contributed by atoms with Crippen LogP contribution in [0.3, 0.4) is 0 Å². The molecular weight excluding hydrogens is 308 g/mol. The second kappa shape index (κ2) is 4.47. The van der Waals surface area contributed by atoms with E-state index in [1.165, 1.54) is 24.4 Å². The molecule has 0 radical (unpaired) electrons. The maximum atomic E-state index is 12.7. The highest BCUT2D eigenvalue weighted by Crippen LogP contribution is 2.65. The van der Waals surface area contributed by atoms with Gasteiger partial charge in [0.05, 0.1) is 18.1 Å². The molecule has 6 heteroatoms. The van der Waals surface area contributed by atoms with E-state index in [1.54, 1.807) is 0 Å². The summed E-state index contributed by atoms with van der Waals surface area (Å²) in [5.41, 5.74) is 0.340. The lowest BCUT2D eigenvalue weighted by Crippen LogP contribution is -2.40. The topological polar surface area (TPSA) is 90.2 Å². The van der Waals surface area contributed by atoms with Crippen molar-refractivity contribution < 1.29 is 19.8 Å². The fourth-order valence-corrected chi connectivity index (χ4v) is 4.82. The van der Waals surface area contributed by atoms with E-state index in [9.17, 15) is 19.8 Å². The summed E-state index contributed by atoms with van der Waals surface area (Å²) >= 11 is 0. The second-order valence-corrected chi connectivity index (χ2v) is 7.13. The van der Waals surface area contributed by atoms with Gasteiger partial charge in [-0.3, -0.25) is 9.59 Å². The van der Waals surface area contributed by atoms with Crippen LogP contribution in [0.4, 0.5) is 0 Å². The van der Waals surface area contributed by atoms with Gasteiger partial charge in [0.2, 0.25) is 0 Å². The number of hydrogen-bond acceptors (Lipinski definition) is 5. The lowest BCUT2D eigenvalue weighted by atomic mass is 9.63. The number of aromatic hydroxyl groups is 2. The van der Waals surface area contributed by atoms with Crippen LogP contribution in [0.5, 0.6) is 11.5 Å². The molecule has 6 nitrogen and oxygen atoms in total. The second-order valence-electron chi connectivity index (χ2n) is 7.13. The minimum atomic E-state index is -0.276. The van der Waals surface area contributed by atoms with Crippen molar-refractivity contribution in [3.63, 3.8) is 0 Å². The first kappa shape index (κ1) is 13.8. The average Bonchev–Trinajstić information content (AvgIpc) is 3.33. The van der Waals surface area contributed by atoms with Crippen molar-refractivity contribution in [2.24, 2.45) is 40.6 Å². The molecular formula is C18H16N2O4. The van der Waals surface area contributed by atoms with Gasteiger partial charge >= 0.3 is 0 Å². The number of rotatable bonds is 2. The molecule has 4 aliphatic carbocycles. The maximum absolute atomic E-state index is 12.7. The molecule has 0 unspecified atom stereocenters. The molecule has 3 fully saturated rings. The Morgan fingerprint density at radius 2 is 1.67 bits per heavy atom. The molecule has 1 heterocycles. The van der Waals surface area contributed by atoms with Crippen molar-refractivity contribution in [1.82, 2.24) is 5.01 Å². The number of amides is 2. The average molecular weight is 324 g/mol. The summed E-state index contributed by atoms with van der Waals surface area (Å²) in [5.74, 6) is 0.222. The van der Waals surface area contributed by atoms with Gasteiger partial charge in [-0.25, -0.2) is 0 Å². The molecule has 122 valence electrons. The van der Waals surface area contributed by atoms with E-state index in [-0.39, 0.29) is 47.0 Å². The Morgan fingerprint density at radius 1 is 1.04 bits per heavy atom. The lowest BCUT2D eigenvalue weighted by Gasteiger charge is -2.37. The molecule has 2 amide bonds. The molecule has 1 aromatic carbocycles. The predicted molar refractivity (Wildman–Crippen MR) is 83.9 cm³/mol. The zero-order valence-electron chi connectivity index (χ0n) is 12.7. The summed E-state index contributed by atoms with van der Waals surface area (Å²) in [4.78, 5) is 25.4. The number of allylic oxidation sites excluding steroid dienone is 2. The summed E-state index contributed by atoms with van der Waals surface area (Å²) in [6.07, 6.45) is 6.65. The molecule has 1 aromatic rings.